The maximum Gasteiger partial charge on any atom is 0.256 e. The fourth-order valence-electron chi connectivity index (χ4n) is 9.08. The Morgan fingerprint density at radius 1 is 0.500 bits per heavy atom. The van der Waals surface area contributed by atoms with Gasteiger partial charge in [-0.1, -0.05) is 112 Å². The minimum Gasteiger partial charge on any atom is -0.449 e. The summed E-state index contributed by atoms with van der Waals surface area (Å²) in [5.41, 5.74) is 16.0. The first kappa shape index (κ1) is 34.1. The van der Waals surface area contributed by atoms with Crippen LogP contribution >= 0.6 is 0 Å². The topological polar surface area (TPSA) is 27.8 Å². The molecule has 0 spiro atoms. The molecule has 2 aromatic heterocycles. The van der Waals surface area contributed by atoms with Crippen molar-refractivity contribution < 1.29 is 4.42 Å². The van der Waals surface area contributed by atoms with Crippen molar-refractivity contribution in [3.8, 4) is 5.69 Å². The summed E-state index contributed by atoms with van der Waals surface area (Å²) in [6, 6.07) is 65.8. The van der Waals surface area contributed by atoms with E-state index in [2.05, 4.69) is 228 Å². The third-order valence-corrected chi connectivity index (χ3v) is 11.8. The number of nitrogens with zero attached hydrogens (tertiary/aromatic N) is 4. The Hall–Kier alpha value is -7.18. The van der Waals surface area contributed by atoms with Gasteiger partial charge in [0.2, 0.25) is 0 Å². The predicted octanol–water partition coefficient (Wildman–Crippen LogP) is 12.1. The van der Waals surface area contributed by atoms with E-state index in [0.717, 1.165) is 68.1 Å². The van der Waals surface area contributed by atoms with E-state index in [4.69, 9.17) is 4.42 Å². The van der Waals surface area contributed by atoms with Gasteiger partial charge in [0.1, 0.15) is 0 Å². The zero-order valence-electron chi connectivity index (χ0n) is 32.7. The smallest absolute Gasteiger partial charge is 0.256 e. The molecule has 0 amide bonds. The van der Waals surface area contributed by atoms with Crippen molar-refractivity contribution in [1.29, 1.82) is 0 Å². The molecule has 9 aromatic rings. The van der Waals surface area contributed by atoms with Gasteiger partial charge < -0.3 is 18.8 Å². The van der Waals surface area contributed by atoms with Gasteiger partial charge in [-0.25, -0.2) is 0 Å². The lowest BCUT2D eigenvalue weighted by atomic mass is 9.34. The van der Waals surface area contributed by atoms with Gasteiger partial charge in [-0.15, -0.1) is 0 Å². The third-order valence-electron chi connectivity index (χ3n) is 11.8. The molecule has 11 rings (SSSR count). The Bertz CT molecular complexity index is 2890. The molecule has 4 heterocycles. The Kier molecular flexibility index (Phi) is 7.77. The van der Waals surface area contributed by atoms with E-state index in [1.54, 1.807) is 0 Å². The molecule has 0 atom stereocenters. The SMILES string of the molecule is CC(C)(C)c1ccc(N2c3cc(N(c4ccccc4)c4ccccc4)cc4c3B(c3cc5ccn(-c6ccccc6)c5cc3N4c3ccccc3)c3ccoc32)cc1. The molecular formula is C52H41BN4O. The molecular weight excluding hydrogens is 707 g/mol. The minimum atomic E-state index is -0.0702. The summed E-state index contributed by atoms with van der Waals surface area (Å²) in [5, 5.41) is 1.20. The first-order valence-electron chi connectivity index (χ1n) is 20.0. The summed E-state index contributed by atoms with van der Waals surface area (Å²) in [6.45, 7) is 6.72. The summed E-state index contributed by atoms with van der Waals surface area (Å²) < 4.78 is 8.92. The van der Waals surface area contributed by atoms with Crippen LogP contribution in [0.25, 0.3) is 16.6 Å². The lowest BCUT2D eigenvalue weighted by molar-refractivity contribution is 0.575. The summed E-state index contributed by atoms with van der Waals surface area (Å²) in [6.07, 6.45) is 4.06. The first-order valence-corrected chi connectivity index (χ1v) is 20.0. The van der Waals surface area contributed by atoms with E-state index in [9.17, 15) is 0 Å². The first-order chi connectivity index (χ1) is 28.4. The number of aromatic nitrogens is 1. The number of rotatable bonds is 6. The third kappa shape index (κ3) is 5.40. The molecule has 2 aliphatic heterocycles. The number of para-hydroxylation sites is 4. The molecule has 278 valence electrons. The van der Waals surface area contributed by atoms with Crippen LogP contribution in [0.3, 0.4) is 0 Å². The van der Waals surface area contributed by atoms with E-state index in [1.807, 2.05) is 6.26 Å². The number of anilines is 9. The van der Waals surface area contributed by atoms with Gasteiger partial charge in [-0.2, -0.15) is 0 Å². The Morgan fingerprint density at radius 3 is 1.69 bits per heavy atom. The summed E-state index contributed by atoms with van der Waals surface area (Å²) >= 11 is 0. The fraction of sp³-hybridized carbons (Fsp3) is 0.0769. The predicted molar refractivity (Wildman–Crippen MR) is 243 cm³/mol. The van der Waals surface area contributed by atoms with Gasteiger partial charge in [0.05, 0.1) is 17.5 Å². The molecule has 0 N–H and O–H groups in total. The van der Waals surface area contributed by atoms with E-state index < -0.39 is 0 Å². The van der Waals surface area contributed by atoms with Crippen LogP contribution in [0.4, 0.5) is 51.4 Å². The van der Waals surface area contributed by atoms with E-state index in [0.29, 0.717) is 0 Å². The highest BCUT2D eigenvalue weighted by Crippen LogP contribution is 2.48. The van der Waals surface area contributed by atoms with Crippen LogP contribution in [0.15, 0.2) is 199 Å². The van der Waals surface area contributed by atoms with Gasteiger partial charge in [0.25, 0.3) is 6.71 Å². The second kappa shape index (κ2) is 13.2. The maximum atomic E-state index is 6.61. The molecule has 0 fully saturated rings. The molecule has 0 aliphatic carbocycles. The molecule has 7 aromatic carbocycles. The highest BCUT2D eigenvalue weighted by Gasteiger charge is 2.45. The molecule has 6 heteroatoms. The van der Waals surface area contributed by atoms with Gasteiger partial charge >= 0.3 is 0 Å². The van der Waals surface area contributed by atoms with Crippen molar-refractivity contribution in [3.05, 3.63) is 200 Å². The number of fused-ring (bicyclic) bond motifs is 5. The van der Waals surface area contributed by atoms with E-state index in [-0.39, 0.29) is 12.1 Å². The summed E-state index contributed by atoms with van der Waals surface area (Å²) in [7, 11) is 0. The van der Waals surface area contributed by atoms with E-state index >= 15 is 0 Å². The Labute approximate surface area is 339 Å². The molecule has 0 bridgehead atoms. The van der Waals surface area contributed by atoms with Crippen molar-refractivity contribution in [2.45, 2.75) is 26.2 Å². The van der Waals surface area contributed by atoms with Gasteiger partial charge in [-0.05, 0) is 124 Å². The summed E-state index contributed by atoms with van der Waals surface area (Å²) in [5.74, 6) is 0.844. The number of hydrogen-bond donors (Lipinski definition) is 0. The zero-order chi connectivity index (χ0) is 39.0. The molecule has 5 nitrogen and oxygen atoms in total. The maximum absolute atomic E-state index is 6.61. The van der Waals surface area contributed by atoms with Crippen molar-refractivity contribution in [2.24, 2.45) is 0 Å². The Morgan fingerprint density at radius 2 is 1.07 bits per heavy atom. The zero-order valence-corrected chi connectivity index (χ0v) is 32.7. The van der Waals surface area contributed by atoms with Crippen molar-refractivity contribution >= 4 is 85.4 Å². The van der Waals surface area contributed by atoms with Crippen LogP contribution in [-0.2, 0) is 5.41 Å². The number of furan rings is 1. The Balaban J connectivity index is 1.24. The average Bonchev–Trinajstić information content (AvgIpc) is 3.92. The van der Waals surface area contributed by atoms with Gasteiger partial charge in [0.15, 0.2) is 5.88 Å². The lowest BCUT2D eigenvalue weighted by Crippen LogP contribution is -2.61. The monoisotopic (exact) mass is 748 g/mol. The van der Waals surface area contributed by atoms with Crippen LogP contribution < -0.4 is 31.1 Å². The van der Waals surface area contributed by atoms with Crippen molar-refractivity contribution in [3.63, 3.8) is 0 Å². The standard InChI is InChI=1S/C52H41BN4O/c1-52(2,3)37-24-26-42(27-25-37)57-49-34-43(55(39-18-10-5-11-19-39)40-20-12-6-13-21-40)33-48-50(49)53(44-29-31-58-51(44)57)45-32-36-28-30-54(38-16-8-4-9-17-38)46(36)35-47(45)56(48)41-22-14-7-15-23-41/h4-35H,1-3H3. The molecule has 0 saturated carbocycles. The van der Waals surface area contributed by atoms with Crippen molar-refractivity contribution in [1.82, 2.24) is 4.57 Å². The van der Waals surface area contributed by atoms with Gasteiger partial charge in [-0.3, -0.25) is 4.90 Å². The highest BCUT2D eigenvalue weighted by atomic mass is 16.3. The number of benzene rings is 7. The molecule has 2 aliphatic rings. The quantitative estimate of drug-likeness (QED) is 0.158. The molecule has 0 saturated heterocycles. The van der Waals surface area contributed by atoms with Crippen molar-refractivity contribution in [2.75, 3.05) is 14.7 Å². The average molecular weight is 749 g/mol. The number of hydrogen-bond acceptors (Lipinski definition) is 4. The second-order valence-electron chi connectivity index (χ2n) is 16.3. The normalized spacial score (nSPS) is 13.0. The second-order valence-corrected chi connectivity index (χ2v) is 16.3. The van der Waals surface area contributed by atoms with Crippen LogP contribution in [0.5, 0.6) is 0 Å². The molecule has 58 heavy (non-hydrogen) atoms. The van der Waals surface area contributed by atoms with Crippen LogP contribution in [0.2, 0.25) is 0 Å². The minimum absolute atomic E-state index is 0.0248. The van der Waals surface area contributed by atoms with E-state index in [1.165, 1.54) is 21.9 Å². The largest absolute Gasteiger partial charge is 0.449 e. The van der Waals surface area contributed by atoms with Crippen LogP contribution in [0.1, 0.15) is 26.3 Å². The highest BCUT2D eigenvalue weighted by molar-refractivity contribution is 7.00. The summed E-state index contributed by atoms with van der Waals surface area (Å²) in [4.78, 5) is 7.19. The van der Waals surface area contributed by atoms with Crippen LogP contribution in [0, 0.1) is 0 Å². The lowest BCUT2D eigenvalue weighted by Gasteiger charge is -2.43. The molecule has 0 unspecified atom stereocenters. The fourth-order valence-corrected chi connectivity index (χ4v) is 9.08. The molecule has 0 radical (unpaired) electrons. The van der Waals surface area contributed by atoms with Gasteiger partial charge in [0, 0.05) is 51.7 Å². The van der Waals surface area contributed by atoms with Crippen LogP contribution in [-0.4, -0.2) is 11.3 Å².